The zero-order chi connectivity index (χ0) is 13.3. The molecule has 3 nitrogen and oxygen atoms in total. The third-order valence-electron chi connectivity index (χ3n) is 2.47. The Labute approximate surface area is 110 Å². The first kappa shape index (κ1) is 12.8. The molecule has 0 bridgehead atoms. The highest BCUT2D eigenvalue weighted by atomic mass is 79.9. The number of nitrogens with zero attached hydrogens (tertiary/aromatic N) is 1. The van der Waals surface area contributed by atoms with E-state index in [0.29, 0.717) is 0 Å². The molecule has 0 saturated heterocycles. The fourth-order valence-corrected chi connectivity index (χ4v) is 2.07. The summed E-state index contributed by atoms with van der Waals surface area (Å²) < 4.78 is 28.6. The first-order chi connectivity index (χ1) is 8.49. The van der Waals surface area contributed by atoms with Crippen LogP contribution in [0.25, 0.3) is 0 Å². The maximum Gasteiger partial charge on any atom is 0.218 e. The number of halogens is 3. The van der Waals surface area contributed by atoms with E-state index in [2.05, 4.69) is 15.9 Å². The molecular formula is C12H9BrF2N2O. The molecule has 0 aliphatic heterocycles. The Bertz CT molecular complexity index is 609. The van der Waals surface area contributed by atoms with E-state index < -0.39 is 11.6 Å². The standard InChI is InChI=1S/C12H9BrF2N2O/c13-8-5-17(6-11(16)12(8)18)4-7-9(14)2-1-3-10(7)15/h1-3,5-6H,4,16H2. The molecule has 2 N–H and O–H groups in total. The van der Waals surface area contributed by atoms with Gasteiger partial charge in [0.2, 0.25) is 5.43 Å². The lowest BCUT2D eigenvalue weighted by Gasteiger charge is -2.10. The molecule has 0 saturated carbocycles. The lowest BCUT2D eigenvalue weighted by atomic mass is 10.2. The van der Waals surface area contributed by atoms with E-state index in [-0.39, 0.29) is 27.7 Å². The maximum absolute atomic E-state index is 13.5. The summed E-state index contributed by atoms with van der Waals surface area (Å²) in [6, 6.07) is 3.66. The van der Waals surface area contributed by atoms with Crippen molar-refractivity contribution in [1.82, 2.24) is 4.57 Å². The average Bonchev–Trinajstić information content (AvgIpc) is 2.31. The Balaban J connectivity index is 2.44. The Hall–Kier alpha value is -1.69. The number of rotatable bonds is 2. The highest BCUT2D eigenvalue weighted by molar-refractivity contribution is 9.10. The first-order valence-corrected chi connectivity index (χ1v) is 5.86. The zero-order valence-corrected chi connectivity index (χ0v) is 10.7. The molecule has 18 heavy (non-hydrogen) atoms. The van der Waals surface area contributed by atoms with Crippen molar-refractivity contribution in [3.05, 3.63) is 62.5 Å². The van der Waals surface area contributed by atoms with Crippen molar-refractivity contribution >= 4 is 21.6 Å². The van der Waals surface area contributed by atoms with Crippen LogP contribution in [-0.4, -0.2) is 4.57 Å². The van der Waals surface area contributed by atoms with Gasteiger partial charge >= 0.3 is 0 Å². The van der Waals surface area contributed by atoms with E-state index in [1.54, 1.807) is 0 Å². The molecule has 94 valence electrons. The Morgan fingerprint density at radius 1 is 1.22 bits per heavy atom. The minimum Gasteiger partial charge on any atom is -0.394 e. The smallest absolute Gasteiger partial charge is 0.218 e. The quantitative estimate of drug-likeness (QED) is 0.926. The molecule has 2 rings (SSSR count). The Kier molecular flexibility index (Phi) is 3.47. The van der Waals surface area contributed by atoms with Gasteiger partial charge in [0.25, 0.3) is 0 Å². The highest BCUT2D eigenvalue weighted by Crippen LogP contribution is 2.15. The van der Waals surface area contributed by atoms with Gasteiger partial charge < -0.3 is 10.3 Å². The predicted molar refractivity (Wildman–Crippen MR) is 68.3 cm³/mol. The molecule has 0 fully saturated rings. The third-order valence-corrected chi connectivity index (χ3v) is 3.03. The highest BCUT2D eigenvalue weighted by Gasteiger charge is 2.10. The van der Waals surface area contributed by atoms with Crippen LogP contribution in [0.15, 0.2) is 39.9 Å². The van der Waals surface area contributed by atoms with Gasteiger partial charge in [-0.05, 0) is 28.1 Å². The van der Waals surface area contributed by atoms with Crippen LogP contribution in [0.1, 0.15) is 5.56 Å². The summed E-state index contributed by atoms with van der Waals surface area (Å²) in [6.07, 6.45) is 2.78. The minimum absolute atomic E-state index is 0.0149. The summed E-state index contributed by atoms with van der Waals surface area (Å²) in [5.74, 6) is -1.27. The van der Waals surface area contributed by atoms with Crippen LogP contribution in [0.2, 0.25) is 0 Å². The number of pyridine rings is 1. The predicted octanol–water partition coefficient (Wildman–Crippen LogP) is 2.52. The third kappa shape index (κ3) is 2.43. The van der Waals surface area contributed by atoms with Gasteiger partial charge in [-0.1, -0.05) is 6.07 Å². The van der Waals surface area contributed by atoms with Gasteiger partial charge in [0.15, 0.2) is 0 Å². The van der Waals surface area contributed by atoms with Crippen LogP contribution in [0.4, 0.5) is 14.5 Å². The van der Waals surface area contributed by atoms with Gasteiger partial charge in [-0.2, -0.15) is 0 Å². The first-order valence-electron chi connectivity index (χ1n) is 5.07. The molecule has 1 heterocycles. The van der Waals surface area contributed by atoms with Gasteiger partial charge in [-0.25, -0.2) is 8.78 Å². The number of hydrogen-bond donors (Lipinski definition) is 1. The molecule has 0 aliphatic carbocycles. The lowest BCUT2D eigenvalue weighted by Crippen LogP contribution is -2.14. The second-order valence-corrected chi connectivity index (χ2v) is 4.62. The van der Waals surface area contributed by atoms with E-state index in [1.807, 2.05) is 0 Å². The summed E-state index contributed by atoms with van der Waals surface area (Å²) in [6.45, 7) is -0.0401. The van der Waals surface area contributed by atoms with E-state index in [0.717, 1.165) is 0 Å². The van der Waals surface area contributed by atoms with Crippen molar-refractivity contribution < 1.29 is 8.78 Å². The number of benzene rings is 1. The van der Waals surface area contributed by atoms with Gasteiger partial charge in [0.05, 0.1) is 16.7 Å². The summed E-state index contributed by atoms with van der Waals surface area (Å²) in [4.78, 5) is 11.4. The molecular weight excluding hydrogens is 306 g/mol. The van der Waals surface area contributed by atoms with Crippen LogP contribution in [0.3, 0.4) is 0 Å². The minimum atomic E-state index is -0.636. The number of aromatic nitrogens is 1. The fraction of sp³-hybridized carbons (Fsp3) is 0.0833. The van der Waals surface area contributed by atoms with Crippen LogP contribution in [0.5, 0.6) is 0 Å². The average molecular weight is 315 g/mol. The summed E-state index contributed by atoms with van der Waals surface area (Å²) in [5, 5.41) is 0. The van der Waals surface area contributed by atoms with E-state index in [4.69, 9.17) is 5.73 Å². The molecule has 0 amide bonds. The molecule has 2 aromatic rings. The van der Waals surface area contributed by atoms with E-state index >= 15 is 0 Å². The number of hydrogen-bond acceptors (Lipinski definition) is 2. The SMILES string of the molecule is Nc1cn(Cc2c(F)cccc2F)cc(Br)c1=O. The van der Waals surface area contributed by atoms with Gasteiger partial charge in [-0.3, -0.25) is 4.79 Å². The fourth-order valence-electron chi connectivity index (χ4n) is 1.57. The molecule has 0 atom stereocenters. The lowest BCUT2D eigenvalue weighted by molar-refractivity contribution is 0.544. The van der Waals surface area contributed by atoms with Gasteiger partial charge in [-0.15, -0.1) is 0 Å². The molecule has 0 aliphatic rings. The summed E-state index contributed by atoms with van der Waals surface area (Å²) in [5.41, 5.74) is 5.09. The normalized spacial score (nSPS) is 10.6. The molecule has 0 unspecified atom stereocenters. The second-order valence-electron chi connectivity index (χ2n) is 3.76. The van der Waals surface area contributed by atoms with Gasteiger partial charge in [0, 0.05) is 18.0 Å². The van der Waals surface area contributed by atoms with Gasteiger partial charge in [0.1, 0.15) is 11.6 Å². The van der Waals surface area contributed by atoms with E-state index in [1.165, 1.54) is 35.2 Å². The maximum atomic E-state index is 13.5. The zero-order valence-electron chi connectivity index (χ0n) is 9.16. The number of nitrogen functional groups attached to an aromatic ring is 1. The topological polar surface area (TPSA) is 48.0 Å². The molecule has 0 radical (unpaired) electrons. The molecule has 1 aromatic carbocycles. The van der Waals surface area contributed by atoms with Crippen molar-refractivity contribution in [3.63, 3.8) is 0 Å². The molecule has 1 aromatic heterocycles. The van der Waals surface area contributed by atoms with Crippen molar-refractivity contribution in [2.75, 3.05) is 5.73 Å². The van der Waals surface area contributed by atoms with Crippen molar-refractivity contribution in [1.29, 1.82) is 0 Å². The molecule has 6 heteroatoms. The van der Waals surface area contributed by atoms with Crippen LogP contribution < -0.4 is 11.2 Å². The van der Waals surface area contributed by atoms with E-state index in [9.17, 15) is 13.6 Å². The largest absolute Gasteiger partial charge is 0.394 e. The van der Waals surface area contributed by atoms with Crippen LogP contribution in [0, 0.1) is 11.6 Å². The summed E-state index contributed by atoms with van der Waals surface area (Å²) in [7, 11) is 0. The van der Waals surface area contributed by atoms with Crippen molar-refractivity contribution in [3.8, 4) is 0 Å². The Morgan fingerprint density at radius 2 is 1.83 bits per heavy atom. The Morgan fingerprint density at radius 3 is 2.39 bits per heavy atom. The monoisotopic (exact) mass is 314 g/mol. The molecule has 0 spiro atoms. The van der Waals surface area contributed by atoms with Crippen molar-refractivity contribution in [2.24, 2.45) is 0 Å². The summed E-state index contributed by atoms with van der Waals surface area (Å²) >= 11 is 3.05. The van der Waals surface area contributed by atoms with Crippen LogP contribution in [-0.2, 0) is 6.54 Å². The number of nitrogens with two attached hydrogens (primary N) is 1. The van der Waals surface area contributed by atoms with Crippen LogP contribution >= 0.6 is 15.9 Å². The van der Waals surface area contributed by atoms with Crippen molar-refractivity contribution in [2.45, 2.75) is 6.54 Å². The number of anilines is 1. The second kappa shape index (κ2) is 4.89.